The number of rotatable bonds is 12. The molecule has 0 fully saturated rings. The highest BCUT2D eigenvalue weighted by Crippen LogP contribution is 2.30. The van der Waals surface area contributed by atoms with Crippen molar-refractivity contribution >= 4 is 23.4 Å². The molecule has 0 bridgehead atoms. The number of nitrogens with one attached hydrogen (secondary N) is 1. The maximum atomic E-state index is 14.4. The Labute approximate surface area is 243 Å². The van der Waals surface area contributed by atoms with Gasteiger partial charge in [0, 0.05) is 36.9 Å². The first kappa shape index (κ1) is 29.1. The highest BCUT2D eigenvalue weighted by molar-refractivity contribution is 6.30. The van der Waals surface area contributed by atoms with Gasteiger partial charge in [0.05, 0.1) is 0 Å². The number of benzene rings is 4. The van der Waals surface area contributed by atoms with Crippen molar-refractivity contribution in [2.75, 3.05) is 6.54 Å². The van der Waals surface area contributed by atoms with Crippen molar-refractivity contribution in [3.63, 3.8) is 0 Å². The molecule has 40 heavy (non-hydrogen) atoms. The smallest absolute Gasteiger partial charge is 0.243 e. The number of carbonyl (C=O) groups is 2. The third kappa shape index (κ3) is 8.30. The molecule has 2 amide bonds. The van der Waals surface area contributed by atoms with Crippen LogP contribution >= 0.6 is 11.6 Å². The second-order valence-electron chi connectivity index (χ2n) is 10.6. The standard InChI is InChI=1S/C35H37ClN2O2/c1-26(2)24-37-35(40)33(22-27-12-6-3-7-13-27)38(25-28-18-20-31(36)21-19-28)34(39)23-32(29-14-8-4-9-15-29)30-16-10-5-11-17-30/h3-21,26,32-33H,22-25H2,1-2H3,(H,37,40)/t33-/m1/s1. The summed E-state index contributed by atoms with van der Waals surface area (Å²) in [5.74, 6) is -0.0647. The third-order valence-corrected chi connectivity index (χ3v) is 7.26. The van der Waals surface area contributed by atoms with E-state index in [-0.39, 0.29) is 24.2 Å². The highest BCUT2D eigenvalue weighted by atomic mass is 35.5. The fourth-order valence-corrected chi connectivity index (χ4v) is 4.98. The fourth-order valence-electron chi connectivity index (χ4n) is 4.85. The third-order valence-electron chi connectivity index (χ3n) is 7.00. The van der Waals surface area contributed by atoms with Gasteiger partial charge in [0.15, 0.2) is 0 Å². The summed E-state index contributed by atoms with van der Waals surface area (Å²) in [5.41, 5.74) is 4.06. The summed E-state index contributed by atoms with van der Waals surface area (Å²) < 4.78 is 0. The van der Waals surface area contributed by atoms with Crippen LogP contribution in [0.25, 0.3) is 0 Å². The summed E-state index contributed by atoms with van der Waals surface area (Å²) in [7, 11) is 0. The van der Waals surface area contributed by atoms with Crippen molar-refractivity contribution in [2.45, 2.75) is 45.2 Å². The van der Waals surface area contributed by atoms with E-state index in [9.17, 15) is 9.59 Å². The number of halogens is 1. The van der Waals surface area contributed by atoms with Crippen LogP contribution in [0.3, 0.4) is 0 Å². The summed E-state index contributed by atoms with van der Waals surface area (Å²) in [6.07, 6.45) is 0.663. The second kappa shape index (κ2) is 14.5. The molecular weight excluding hydrogens is 516 g/mol. The summed E-state index contributed by atoms with van der Waals surface area (Å²) in [6.45, 7) is 4.98. The van der Waals surface area contributed by atoms with Gasteiger partial charge in [-0.3, -0.25) is 9.59 Å². The molecule has 0 heterocycles. The lowest BCUT2D eigenvalue weighted by atomic mass is 9.87. The predicted octanol–water partition coefficient (Wildman–Crippen LogP) is 7.27. The average molecular weight is 553 g/mol. The minimum atomic E-state index is -0.670. The van der Waals surface area contributed by atoms with Gasteiger partial charge in [-0.2, -0.15) is 0 Å². The Bertz CT molecular complexity index is 1300. The Hall–Kier alpha value is -3.89. The zero-order valence-electron chi connectivity index (χ0n) is 23.2. The van der Waals surface area contributed by atoms with Crippen LogP contribution in [0.4, 0.5) is 0 Å². The minimum Gasteiger partial charge on any atom is -0.354 e. The van der Waals surface area contributed by atoms with Gasteiger partial charge in [-0.25, -0.2) is 0 Å². The van der Waals surface area contributed by atoms with E-state index in [1.165, 1.54) is 0 Å². The largest absolute Gasteiger partial charge is 0.354 e. The van der Waals surface area contributed by atoms with E-state index in [4.69, 9.17) is 11.6 Å². The van der Waals surface area contributed by atoms with Crippen molar-refractivity contribution in [2.24, 2.45) is 5.92 Å². The molecule has 4 aromatic rings. The molecule has 1 N–H and O–H groups in total. The molecule has 4 rings (SSSR count). The van der Waals surface area contributed by atoms with Crippen LogP contribution in [-0.4, -0.2) is 29.3 Å². The quantitative estimate of drug-likeness (QED) is 0.201. The second-order valence-corrected chi connectivity index (χ2v) is 11.0. The molecule has 4 aromatic carbocycles. The Balaban J connectivity index is 1.72. The van der Waals surface area contributed by atoms with Crippen molar-refractivity contribution in [3.8, 4) is 0 Å². The van der Waals surface area contributed by atoms with E-state index in [0.717, 1.165) is 22.3 Å². The highest BCUT2D eigenvalue weighted by Gasteiger charge is 2.32. The SMILES string of the molecule is CC(C)CNC(=O)[C@@H](Cc1ccccc1)N(Cc1ccc(Cl)cc1)C(=O)CC(c1ccccc1)c1ccccc1. The molecule has 0 aliphatic carbocycles. The molecule has 0 radical (unpaired) electrons. The number of carbonyl (C=O) groups excluding carboxylic acids is 2. The molecule has 0 saturated heterocycles. The van der Waals surface area contributed by atoms with Gasteiger partial charge < -0.3 is 10.2 Å². The van der Waals surface area contributed by atoms with Crippen LogP contribution in [0.5, 0.6) is 0 Å². The first-order valence-electron chi connectivity index (χ1n) is 13.9. The maximum Gasteiger partial charge on any atom is 0.243 e. The Morgan fingerprint density at radius 1 is 0.725 bits per heavy atom. The summed E-state index contributed by atoms with van der Waals surface area (Å²) in [6, 6.07) is 36.9. The lowest BCUT2D eigenvalue weighted by molar-refractivity contribution is -0.141. The average Bonchev–Trinajstić information content (AvgIpc) is 2.98. The van der Waals surface area contributed by atoms with Gasteiger partial charge in [0.25, 0.3) is 0 Å². The van der Waals surface area contributed by atoms with Crippen LogP contribution in [0, 0.1) is 5.92 Å². The summed E-state index contributed by atoms with van der Waals surface area (Å²) in [4.78, 5) is 29.9. The Kier molecular flexibility index (Phi) is 10.5. The van der Waals surface area contributed by atoms with E-state index in [0.29, 0.717) is 30.5 Å². The first-order chi connectivity index (χ1) is 19.4. The molecule has 1 atom stereocenters. The monoisotopic (exact) mass is 552 g/mol. The van der Waals surface area contributed by atoms with Gasteiger partial charge in [0.1, 0.15) is 6.04 Å². The van der Waals surface area contributed by atoms with Crippen LogP contribution in [0.15, 0.2) is 115 Å². The summed E-state index contributed by atoms with van der Waals surface area (Å²) in [5, 5.41) is 3.73. The first-order valence-corrected chi connectivity index (χ1v) is 14.2. The van der Waals surface area contributed by atoms with Gasteiger partial charge in [0.2, 0.25) is 11.8 Å². The lowest BCUT2D eigenvalue weighted by Gasteiger charge is -2.33. The molecule has 0 spiro atoms. The Morgan fingerprint density at radius 2 is 1.25 bits per heavy atom. The Morgan fingerprint density at radius 3 is 1.77 bits per heavy atom. The van der Waals surface area contributed by atoms with Crippen molar-refractivity contribution < 1.29 is 9.59 Å². The molecule has 0 saturated carbocycles. The lowest BCUT2D eigenvalue weighted by Crippen LogP contribution is -2.51. The van der Waals surface area contributed by atoms with E-state index in [2.05, 4.69) is 43.4 Å². The van der Waals surface area contributed by atoms with E-state index >= 15 is 0 Å². The zero-order valence-corrected chi connectivity index (χ0v) is 23.9. The van der Waals surface area contributed by atoms with Crippen molar-refractivity contribution in [3.05, 3.63) is 143 Å². The van der Waals surface area contributed by atoms with Crippen LogP contribution in [0.2, 0.25) is 5.02 Å². The van der Waals surface area contributed by atoms with Gasteiger partial charge in [-0.05, 0) is 40.3 Å². The molecule has 0 aliphatic rings. The van der Waals surface area contributed by atoms with Crippen molar-refractivity contribution in [1.82, 2.24) is 10.2 Å². The van der Waals surface area contributed by atoms with Crippen LogP contribution in [0.1, 0.15) is 48.4 Å². The molecular formula is C35H37ClN2O2. The zero-order chi connectivity index (χ0) is 28.3. The molecule has 5 heteroatoms. The number of nitrogens with zero attached hydrogens (tertiary/aromatic N) is 1. The van der Waals surface area contributed by atoms with Gasteiger partial charge in [-0.15, -0.1) is 0 Å². The van der Waals surface area contributed by atoms with Crippen molar-refractivity contribution in [1.29, 1.82) is 0 Å². The van der Waals surface area contributed by atoms with Gasteiger partial charge >= 0.3 is 0 Å². The maximum absolute atomic E-state index is 14.4. The normalized spacial score (nSPS) is 11.8. The molecule has 206 valence electrons. The van der Waals surface area contributed by atoms with E-state index < -0.39 is 6.04 Å². The molecule has 0 aliphatic heterocycles. The number of hydrogen-bond donors (Lipinski definition) is 1. The van der Waals surface area contributed by atoms with E-state index in [1.54, 1.807) is 4.90 Å². The molecule has 4 nitrogen and oxygen atoms in total. The summed E-state index contributed by atoms with van der Waals surface area (Å²) >= 11 is 6.16. The molecule has 0 unspecified atom stereocenters. The fraction of sp³-hybridized carbons (Fsp3) is 0.257. The van der Waals surface area contributed by atoms with E-state index in [1.807, 2.05) is 91.0 Å². The minimum absolute atomic E-state index is 0.0757. The number of hydrogen-bond acceptors (Lipinski definition) is 2. The topological polar surface area (TPSA) is 49.4 Å². The molecule has 0 aromatic heterocycles. The van der Waals surface area contributed by atoms with Gasteiger partial charge in [-0.1, -0.05) is 129 Å². The van der Waals surface area contributed by atoms with Crippen LogP contribution in [-0.2, 0) is 22.6 Å². The predicted molar refractivity (Wildman–Crippen MR) is 163 cm³/mol. The number of amides is 2. The van der Waals surface area contributed by atoms with Crippen LogP contribution < -0.4 is 5.32 Å².